The number of fused-ring (bicyclic) bond motifs is 1. The Bertz CT molecular complexity index is 849. The highest BCUT2D eigenvalue weighted by molar-refractivity contribution is 6.09. The summed E-state index contributed by atoms with van der Waals surface area (Å²) in [5, 5.41) is 8.18. The van der Waals surface area contributed by atoms with Crippen LogP contribution in [0.4, 0.5) is 11.4 Å². The number of rotatable bonds is 6. The van der Waals surface area contributed by atoms with Crippen LogP contribution in [0.25, 0.3) is 0 Å². The molecule has 7 heteroatoms. The van der Waals surface area contributed by atoms with Crippen LogP contribution in [-0.4, -0.2) is 30.4 Å². The Morgan fingerprint density at radius 2 is 1.85 bits per heavy atom. The standard InChI is InChI=1S/C20H21N3O4/c1-2-27-14-9-7-13(8-10-14)21-18(24)12-11-17-20(26)22-16-6-4-3-5-15(16)19(25)23-17/h3-10,17H,2,11-12H2,1H3,(H,21,24)(H,22,26)(H,23,25)/t17-/m0/s1. The van der Waals surface area contributed by atoms with Crippen molar-refractivity contribution in [3.05, 3.63) is 54.1 Å². The Labute approximate surface area is 157 Å². The molecule has 0 spiro atoms. The fourth-order valence-electron chi connectivity index (χ4n) is 2.81. The van der Waals surface area contributed by atoms with Crippen molar-refractivity contribution in [2.45, 2.75) is 25.8 Å². The number of nitrogens with one attached hydrogen (secondary N) is 3. The van der Waals surface area contributed by atoms with E-state index in [4.69, 9.17) is 4.74 Å². The van der Waals surface area contributed by atoms with Gasteiger partial charge in [-0.05, 0) is 49.7 Å². The zero-order valence-corrected chi connectivity index (χ0v) is 15.0. The summed E-state index contributed by atoms with van der Waals surface area (Å²) in [6.45, 7) is 2.47. The number of amides is 3. The summed E-state index contributed by atoms with van der Waals surface area (Å²) in [5.74, 6) is -0.168. The lowest BCUT2D eigenvalue weighted by Gasteiger charge is -2.14. The third kappa shape index (κ3) is 4.63. The maximum atomic E-state index is 12.3. The van der Waals surface area contributed by atoms with Crippen molar-refractivity contribution in [1.29, 1.82) is 0 Å². The van der Waals surface area contributed by atoms with Gasteiger partial charge in [-0.1, -0.05) is 12.1 Å². The number of carbonyl (C=O) groups excluding carboxylic acids is 3. The first-order valence-corrected chi connectivity index (χ1v) is 8.80. The number of para-hydroxylation sites is 1. The third-order valence-corrected chi connectivity index (χ3v) is 4.16. The molecule has 0 radical (unpaired) electrons. The number of benzene rings is 2. The van der Waals surface area contributed by atoms with Crippen LogP contribution in [0.3, 0.4) is 0 Å². The van der Waals surface area contributed by atoms with Gasteiger partial charge in [0.25, 0.3) is 5.91 Å². The van der Waals surface area contributed by atoms with Gasteiger partial charge in [-0.2, -0.15) is 0 Å². The van der Waals surface area contributed by atoms with Gasteiger partial charge in [0.1, 0.15) is 11.8 Å². The molecule has 3 rings (SSSR count). The molecule has 27 heavy (non-hydrogen) atoms. The molecule has 0 unspecified atom stereocenters. The van der Waals surface area contributed by atoms with E-state index in [9.17, 15) is 14.4 Å². The molecule has 2 aromatic carbocycles. The molecule has 0 saturated carbocycles. The Morgan fingerprint density at radius 3 is 2.59 bits per heavy atom. The molecule has 3 amide bonds. The van der Waals surface area contributed by atoms with Crippen LogP contribution < -0.4 is 20.7 Å². The van der Waals surface area contributed by atoms with Gasteiger partial charge in [0.2, 0.25) is 11.8 Å². The average Bonchev–Trinajstić information content (AvgIpc) is 2.78. The van der Waals surface area contributed by atoms with Crippen LogP contribution in [0.1, 0.15) is 30.1 Å². The molecule has 1 heterocycles. The Hall–Kier alpha value is -3.35. The molecule has 1 aliphatic heterocycles. The minimum absolute atomic E-state index is 0.0991. The third-order valence-electron chi connectivity index (χ3n) is 4.16. The van der Waals surface area contributed by atoms with Crippen LogP contribution in [0.15, 0.2) is 48.5 Å². The van der Waals surface area contributed by atoms with Gasteiger partial charge in [-0.15, -0.1) is 0 Å². The SMILES string of the molecule is CCOc1ccc(NC(=O)CC[C@@H]2NC(=O)c3ccccc3NC2=O)cc1. The summed E-state index contributed by atoms with van der Waals surface area (Å²) in [6.07, 6.45) is 0.302. The van der Waals surface area contributed by atoms with Crippen molar-refractivity contribution in [2.75, 3.05) is 17.2 Å². The lowest BCUT2D eigenvalue weighted by Crippen LogP contribution is -2.41. The quantitative estimate of drug-likeness (QED) is 0.731. The van der Waals surface area contributed by atoms with Crippen LogP contribution in [0.5, 0.6) is 5.75 Å². The zero-order chi connectivity index (χ0) is 19.2. The second kappa shape index (κ2) is 8.35. The number of ether oxygens (including phenoxy) is 1. The second-order valence-electron chi connectivity index (χ2n) is 6.11. The molecule has 2 aromatic rings. The highest BCUT2D eigenvalue weighted by Crippen LogP contribution is 2.20. The minimum atomic E-state index is -0.768. The van der Waals surface area contributed by atoms with Crippen LogP contribution in [0.2, 0.25) is 0 Å². The zero-order valence-electron chi connectivity index (χ0n) is 15.0. The van der Waals surface area contributed by atoms with E-state index < -0.39 is 6.04 Å². The number of hydrogen-bond donors (Lipinski definition) is 3. The summed E-state index contributed by atoms with van der Waals surface area (Å²) >= 11 is 0. The van der Waals surface area contributed by atoms with E-state index in [-0.39, 0.29) is 30.6 Å². The molecule has 0 fully saturated rings. The lowest BCUT2D eigenvalue weighted by molar-refractivity contribution is -0.118. The van der Waals surface area contributed by atoms with Crippen molar-refractivity contribution < 1.29 is 19.1 Å². The largest absolute Gasteiger partial charge is 0.494 e. The smallest absolute Gasteiger partial charge is 0.254 e. The van der Waals surface area contributed by atoms with Gasteiger partial charge in [0.05, 0.1) is 17.9 Å². The summed E-state index contributed by atoms with van der Waals surface area (Å²) in [5.41, 5.74) is 1.53. The molecular weight excluding hydrogens is 346 g/mol. The Morgan fingerprint density at radius 1 is 1.11 bits per heavy atom. The van der Waals surface area contributed by atoms with Crippen molar-refractivity contribution in [3.63, 3.8) is 0 Å². The monoisotopic (exact) mass is 367 g/mol. The maximum Gasteiger partial charge on any atom is 0.254 e. The first-order chi connectivity index (χ1) is 13.1. The molecule has 1 atom stereocenters. The maximum absolute atomic E-state index is 12.3. The van der Waals surface area contributed by atoms with Gasteiger partial charge >= 0.3 is 0 Å². The molecule has 0 bridgehead atoms. The topological polar surface area (TPSA) is 96.5 Å². The number of carbonyl (C=O) groups is 3. The fraction of sp³-hybridized carbons (Fsp3) is 0.250. The first kappa shape index (κ1) is 18.4. The molecule has 0 aliphatic carbocycles. The van der Waals surface area contributed by atoms with Crippen molar-refractivity contribution in [2.24, 2.45) is 0 Å². The molecular formula is C20H21N3O4. The highest BCUT2D eigenvalue weighted by atomic mass is 16.5. The first-order valence-electron chi connectivity index (χ1n) is 8.80. The van der Waals surface area contributed by atoms with E-state index in [2.05, 4.69) is 16.0 Å². The van der Waals surface area contributed by atoms with Gasteiger partial charge in [-0.3, -0.25) is 14.4 Å². The molecule has 1 aliphatic rings. The van der Waals surface area contributed by atoms with Gasteiger partial charge in [-0.25, -0.2) is 0 Å². The molecule has 140 valence electrons. The van der Waals surface area contributed by atoms with Crippen molar-refractivity contribution in [3.8, 4) is 5.75 Å². The summed E-state index contributed by atoms with van der Waals surface area (Å²) in [4.78, 5) is 36.8. The second-order valence-corrected chi connectivity index (χ2v) is 6.11. The Kier molecular flexibility index (Phi) is 5.71. The van der Waals surface area contributed by atoms with E-state index in [0.717, 1.165) is 5.75 Å². The predicted molar refractivity (Wildman–Crippen MR) is 102 cm³/mol. The van der Waals surface area contributed by atoms with E-state index in [1.807, 2.05) is 6.92 Å². The summed E-state index contributed by atoms with van der Waals surface area (Å²) in [7, 11) is 0. The fourth-order valence-corrected chi connectivity index (χ4v) is 2.81. The molecule has 0 aromatic heterocycles. The Balaban J connectivity index is 1.55. The van der Waals surface area contributed by atoms with E-state index in [1.54, 1.807) is 48.5 Å². The van der Waals surface area contributed by atoms with Crippen LogP contribution >= 0.6 is 0 Å². The van der Waals surface area contributed by atoms with Crippen LogP contribution in [0, 0.1) is 0 Å². The van der Waals surface area contributed by atoms with E-state index >= 15 is 0 Å². The van der Waals surface area contributed by atoms with Crippen molar-refractivity contribution in [1.82, 2.24) is 5.32 Å². The van der Waals surface area contributed by atoms with Crippen LogP contribution in [-0.2, 0) is 9.59 Å². The van der Waals surface area contributed by atoms with E-state index in [1.165, 1.54) is 0 Å². The summed E-state index contributed by atoms with van der Waals surface area (Å²) < 4.78 is 5.36. The molecule has 0 saturated heterocycles. The lowest BCUT2D eigenvalue weighted by atomic mass is 10.1. The van der Waals surface area contributed by atoms with Gasteiger partial charge < -0.3 is 20.7 Å². The predicted octanol–water partition coefficient (Wildman–Crippen LogP) is 2.55. The minimum Gasteiger partial charge on any atom is -0.494 e. The highest BCUT2D eigenvalue weighted by Gasteiger charge is 2.27. The van der Waals surface area contributed by atoms with E-state index in [0.29, 0.717) is 23.5 Å². The molecule has 3 N–H and O–H groups in total. The number of anilines is 2. The molecule has 7 nitrogen and oxygen atoms in total. The van der Waals surface area contributed by atoms with Gasteiger partial charge in [0.15, 0.2) is 0 Å². The van der Waals surface area contributed by atoms with Crippen molar-refractivity contribution >= 4 is 29.1 Å². The normalized spacial score (nSPS) is 15.8. The summed E-state index contributed by atoms with van der Waals surface area (Å²) in [6, 6.07) is 13.1. The van der Waals surface area contributed by atoms with Gasteiger partial charge in [0, 0.05) is 12.1 Å². The number of hydrogen-bond acceptors (Lipinski definition) is 4. The average molecular weight is 367 g/mol.